The van der Waals surface area contributed by atoms with Crippen molar-refractivity contribution in [2.75, 3.05) is 20.8 Å². The van der Waals surface area contributed by atoms with Gasteiger partial charge in [0.05, 0.1) is 19.8 Å². The second-order valence-corrected chi connectivity index (χ2v) is 6.24. The van der Waals surface area contributed by atoms with Crippen LogP contribution in [0.5, 0.6) is 11.5 Å². The van der Waals surface area contributed by atoms with Crippen LogP contribution >= 0.6 is 0 Å². The number of rotatable bonds is 7. The summed E-state index contributed by atoms with van der Waals surface area (Å²) in [6, 6.07) is 6.23. The molecule has 0 amide bonds. The maximum absolute atomic E-state index is 10.6. The minimum Gasteiger partial charge on any atom is -0.493 e. The summed E-state index contributed by atoms with van der Waals surface area (Å²) >= 11 is 0. The summed E-state index contributed by atoms with van der Waals surface area (Å²) in [4.78, 5) is 0. The van der Waals surface area contributed by atoms with Gasteiger partial charge >= 0.3 is 0 Å². The Morgan fingerprint density at radius 2 is 1.82 bits per heavy atom. The Morgan fingerprint density at radius 1 is 1.14 bits per heavy atom. The maximum atomic E-state index is 10.6. The molecule has 0 heterocycles. The highest BCUT2D eigenvalue weighted by molar-refractivity contribution is 5.43. The van der Waals surface area contributed by atoms with Crippen LogP contribution in [0.15, 0.2) is 18.2 Å². The Bertz CT molecular complexity index is 469. The van der Waals surface area contributed by atoms with Crippen molar-refractivity contribution in [1.82, 2.24) is 5.32 Å². The summed E-state index contributed by atoms with van der Waals surface area (Å²) in [6.45, 7) is 2.80. The third kappa shape index (κ3) is 4.14. The molecule has 2 rings (SSSR count). The summed E-state index contributed by atoms with van der Waals surface area (Å²) < 4.78 is 10.7. The number of benzene rings is 1. The molecule has 2 N–H and O–H groups in total. The van der Waals surface area contributed by atoms with Gasteiger partial charge in [0, 0.05) is 12.6 Å². The second kappa shape index (κ2) is 7.84. The summed E-state index contributed by atoms with van der Waals surface area (Å²) in [7, 11) is 3.30. The van der Waals surface area contributed by atoms with Crippen LogP contribution in [-0.4, -0.2) is 31.5 Å². The van der Waals surface area contributed by atoms with Crippen LogP contribution in [-0.2, 0) is 0 Å². The lowest BCUT2D eigenvalue weighted by molar-refractivity contribution is 0.00248. The molecule has 22 heavy (non-hydrogen) atoms. The first kappa shape index (κ1) is 17.1. The Balaban J connectivity index is 2.04. The molecule has 124 valence electrons. The molecule has 0 radical (unpaired) electrons. The van der Waals surface area contributed by atoms with E-state index in [1.54, 1.807) is 14.2 Å². The molecule has 1 saturated carbocycles. The molecular formula is C18H29NO3. The average molecular weight is 307 g/mol. The minimum atomic E-state index is -0.539. The zero-order chi connectivity index (χ0) is 16.0. The molecule has 4 nitrogen and oxygen atoms in total. The molecule has 4 heteroatoms. The Hall–Kier alpha value is -1.26. The summed E-state index contributed by atoms with van der Waals surface area (Å²) in [5.74, 6) is 1.49. The molecule has 0 bridgehead atoms. The second-order valence-electron chi connectivity index (χ2n) is 6.24. The van der Waals surface area contributed by atoms with Crippen molar-refractivity contribution in [3.8, 4) is 11.5 Å². The van der Waals surface area contributed by atoms with Gasteiger partial charge in [0.2, 0.25) is 0 Å². The van der Waals surface area contributed by atoms with E-state index in [2.05, 4.69) is 18.3 Å². The van der Waals surface area contributed by atoms with Crippen LogP contribution in [0.1, 0.15) is 57.1 Å². The van der Waals surface area contributed by atoms with E-state index in [0.717, 1.165) is 43.6 Å². The molecule has 1 aliphatic carbocycles. The molecule has 1 atom stereocenters. The molecule has 1 aliphatic rings. The topological polar surface area (TPSA) is 50.7 Å². The lowest BCUT2D eigenvalue weighted by Crippen LogP contribution is -2.43. The van der Waals surface area contributed by atoms with Gasteiger partial charge in [-0.1, -0.05) is 32.3 Å². The van der Waals surface area contributed by atoms with Gasteiger partial charge in [-0.05, 0) is 37.0 Å². The normalized spacial score (nSPS) is 18.7. The van der Waals surface area contributed by atoms with Crippen molar-refractivity contribution in [3.63, 3.8) is 0 Å². The molecule has 0 aliphatic heterocycles. The molecule has 1 aromatic carbocycles. The lowest BCUT2D eigenvalue weighted by atomic mass is 9.84. The highest BCUT2D eigenvalue weighted by Gasteiger charge is 2.29. The Labute approximate surface area is 133 Å². The molecule has 1 unspecified atom stereocenters. The molecule has 0 aromatic heterocycles. The number of hydrogen-bond donors (Lipinski definition) is 2. The van der Waals surface area contributed by atoms with Gasteiger partial charge in [-0.15, -0.1) is 0 Å². The first-order valence-corrected chi connectivity index (χ1v) is 8.29. The number of methoxy groups -OCH3 is 2. The zero-order valence-electron chi connectivity index (χ0n) is 14.0. The molecular weight excluding hydrogens is 278 g/mol. The van der Waals surface area contributed by atoms with Gasteiger partial charge in [0.1, 0.15) is 0 Å². The standard InChI is InChI=1S/C18H29NO3/c1-4-15(19-13-18(20)10-6-5-7-11-18)14-8-9-16(21-2)17(12-14)22-3/h8-9,12,15,19-20H,4-7,10-11,13H2,1-3H3. The quantitative estimate of drug-likeness (QED) is 0.810. The van der Waals surface area contributed by atoms with Crippen LogP contribution < -0.4 is 14.8 Å². The highest BCUT2D eigenvalue weighted by atomic mass is 16.5. The maximum Gasteiger partial charge on any atom is 0.161 e. The van der Waals surface area contributed by atoms with Crippen molar-refractivity contribution in [2.45, 2.75) is 57.1 Å². The molecule has 1 fully saturated rings. The van der Waals surface area contributed by atoms with Gasteiger partial charge in [0.15, 0.2) is 11.5 Å². The fourth-order valence-corrected chi connectivity index (χ4v) is 3.27. The van der Waals surface area contributed by atoms with Crippen molar-refractivity contribution in [1.29, 1.82) is 0 Å². The molecule has 1 aromatic rings. The van der Waals surface area contributed by atoms with Gasteiger partial charge in [0.25, 0.3) is 0 Å². The van der Waals surface area contributed by atoms with E-state index in [0.29, 0.717) is 6.54 Å². The summed E-state index contributed by atoms with van der Waals surface area (Å²) in [6.07, 6.45) is 6.28. The van der Waals surface area contributed by atoms with E-state index in [1.807, 2.05) is 12.1 Å². The fourth-order valence-electron chi connectivity index (χ4n) is 3.27. The van der Waals surface area contributed by atoms with Crippen molar-refractivity contribution in [3.05, 3.63) is 23.8 Å². The van der Waals surface area contributed by atoms with E-state index in [4.69, 9.17) is 9.47 Å². The van der Waals surface area contributed by atoms with Crippen LogP contribution in [0, 0.1) is 0 Å². The predicted octanol–water partition coefficient (Wildman–Crippen LogP) is 3.44. The minimum absolute atomic E-state index is 0.214. The number of ether oxygens (including phenoxy) is 2. The Kier molecular flexibility index (Phi) is 6.09. The van der Waals surface area contributed by atoms with E-state index in [1.165, 1.54) is 12.0 Å². The third-order valence-electron chi connectivity index (χ3n) is 4.68. The molecule has 0 spiro atoms. The van der Waals surface area contributed by atoms with Gasteiger partial charge < -0.3 is 19.9 Å². The largest absolute Gasteiger partial charge is 0.493 e. The fraction of sp³-hybridized carbons (Fsp3) is 0.667. The van der Waals surface area contributed by atoms with E-state index >= 15 is 0 Å². The monoisotopic (exact) mass is 307 g/mol. The summed E-state index contributed by atoms with van der Waals surface area (Å²) in [5, 5.41) is 14.2. The van der Waals surface area contributed by atoms with E-state index < -0.39 is 5.60 Å². The number of nitrogens with one attached hydrogen (secondary N) is 1. The first-order valence-electron chi connectivity index (χ1n) is 8.29. The molecule has 0 saturated heterocycles. The van der Waals surface area contributed by atoms with Crippen molar-refractivity contribution >= 4 is 0 Å². The predicted molar refractivity (Wildman–Crippen MR) is 88.6 cm³/mol. The van der Waals surface area contributed by atoms with E-state index in [9.17, 15) is 5.11 Å². The Morgan fingerprint density at radius 3 is 2.41 bits per heavy atom. The highest BCUT2D eigenvalue weighted by Crippen LogP contribution is 2.32. The first-order chi connectivity index (χ1) is 10.6. The SMILES string of the molecule is CCC(NCC1(O)CCCCC1)c1ccc(OC)c(OC)c1. The third-order valence-corrected chi connectivity index (χ3v) is 4.68. The van der Waals surface area contributed by atoms with E-state index in [-0.39, 0.29) is 6.04 Å². The van der Waals surface area contributed by atoms with Crippen LogP contribution in [0.25, 0.3) is 0 Å². The van der Waals surface area contributed by atoms with Gasteiger partial charge in [-0.3, -0.25) is 0 Å². The van der Waals surface area contributed by atoms with Crippen LogP contribution in [0.2, 0.25) is 0 Å². The summed E-state index contributed by atoms with van der Waals surface area (Å²) in [5.41, 5.74) is 0.627. The number of hydrogen-bond acceptors (Lipinski definition) is 4. The van der Waals surface area contributed by atoms with Gasteiger partial charge in [-0.2, -0.15) is 0 Å². The lowest BCUT2D eigenvalue weighted by Gasteiger charge is -2.34. The van der Waals surface area contributed by atoms with Crippen LogP contribution in [0.3, 0.4) is 0 Å². The van der Waals surface area contributed by atoms with Crippen LogP contribution in [0.4, 0.5) is 0 Å². The smallest absolute Gasteiger partial charge is 0.161 e. The van der Waals surface area contributed by atoms with Crippen molar-refractivity contribution in [2.24, 2.45) is 0 Å². The van der Waals surface area contributed by atoms with Crippen molar-refractivity contribution < 1.29 is 14.6 Å². The zero-order valence-corrected chi connectivity index (χ0v) is 14.0. The van der Waals surface area contributed by atoms with Gasteiger partial charge in [-0.25, -0.2) is 0 Å². The number of aliphatic hydroxyl groups is 1. The average Bonchev–Trinajstić information content (AvgIpc) is 2.55.